The first-order chi connectivity index (χ1) is 18.1. The average Bonchev–Trinajstić information content (AvgIpc) is 2.91. The Bertz CT molecular complexity index is 924. The number of hydrazone groups is 1. The highest BCUT2D eigenvalue weighted by Crippen LogP contribution is 2.14. The highest BCUT2D eigenvalue weighted by atomic mass is 16.5. The Hall–Kier alpha value is -3.15. The second kappa shape index (κ2) is 19.0. The molecule has 0 saturated carbocycles. The Balaban J connectivity index is 1.49. The summed E-state index contributed by atoms with van der Waals surface area (Å²) in [7, 11) is 0. The number of carbonyl (C=O) groups is 2. The lowest BCUT2D eigenvalue weighted by molar-refractivity contribution is -0.126. The van der Waals surface area contributed by atoms with Crippen molar-refractivity contribution in [2.24, 2.45) is 5.10 Å². The molecule has 0 bridgehead atoms. The van der Waals surface area contributed by atoms with Crippen LogP contribution in [0.3, 0.4) is 0 Å². The van der Waals surface area contributed by atoms with Crippen LogP contribution < -0.4 is 15.5 Å². The maximum absolute atomic E-state index is 12.0. The highest BCUT2D eigenvalue weighted by molar-refractivity contribution is 5.86. The monoisotopic (exact) mass is 507 g/mol. The van der Waals surface area contributed by atoms with Crippen molar-refractivity contribution in [3.8, 4) is 5.75 Å². The molecular weight excluding hydrogens is 462 g/mol. The fraction of sp³-hybridized carbons (Fsp3) is 0.516. The lowest BCUT2D eigenvalue weighted by Gasteiger charge is -2.07. The van der Waals surface area contributed by atoms with E-state index in [1.54, 1.807) is 6.21 Å². The number of aryl methyl sites for hydroxylation is 1. The Morgan fingerprint density at radius 2 is 1.38 bits per heavy atom. The summed E-state index contributed by atoms with van der Waals surface area (Å²) < 4.78 is 5.80. The number of unbranched alkanes of at least 4 members (excludes halogenated alkanes) is 10. The van der Waals surface area contributed by atoms with Crippen LogP contribution in [0.1, 0.15) is 101 Å². The molecule has 0 saturated heterocycles. The van der Waals surface area contributed by atoms with Crippen LogP contribution in [0.5, 0.6) is 5.75 Å². The van der Waals surface area contributed by atoms with E-state index in [0.717, 1.165) is 29.7 Å². The minimum absolute atomic E-state index is 0.0695. The van der Waals surface area contributed by atoms with Crippen LogP contribution in [0.25, 0.3) is 0 Å². The number of hydrogen-bond donors (Lipinski definition) is 2. The summed E-state index contributed by atoms with van der Waals surface area (Å²) >= 11 is 0. The minimum Gasteiger partial charge on any atom is -0.489 e. The molecule has 2 aromatic carbocycles. The van der Waals surface area contributed by atoms with E-state index in [2.05, 4.69) is 54.0 Å². The molecule has 0 heterocycles. The molecule has 2 N–H and O–H groups in total. The van der Waals surface area contributed by atoms with Gasteiger partial charge in [0.05, 0.1) is 12.8 Å². The number of nitrogens with zero attached hydrogens (tertiary/aromatic N) is 1. The highest BCUT2D eigenvalue weighted by Gasteiger charge is 2.05. The van der Waals surface area contributed by atoms with Gasteiger partial charge in [-0.2, -0.15) is 5.10 Å². The van der Waals surface area contributed by atoms with Gasteiger partial charge in [-0.1, -0.05) is 101 Å². The van der Waals surface area contributed by atoms with Gasteiger partial charge >= 0.3 is 0 Å². The number of ether oxygens (including phenoxy) is 1. The third-order valence-corrected chi connectivity index (χ3v) is 6.26. The van der Waals surface area contributed by atoms with Crippen molar-refractivity contribution < 1.29 is 14.3 Å². The van der Waals surface area contributed by atoms with Crippen molar-refractivity contribution >= 4 is 18.0 Å². The van der Waals surface area contributed by atoms with Gasteiger partial charge in [-0.3, -0.25) is 9.59 Å². The smallest absolute Gasteiger partial charge is 0.259 e. The van der Waals surface area contributed by atoms with Gasteiger partial charge in [-0.25, -0.2) is 5.43 Å². The van der Waals surface area contributed by atoms with Gasteiger partial charge in [-0.05, 0) is 48.7 Å². The molecule has 0 aliphatic heterocycles. The fourth-order valence-corrected chi connectivity index (χ4v) is 3.94. The summed E-state index contributed by atoms with van der Waals surface area (Å²) in [5.41, 5.74) is 5.62. The predicted octanol–water partition coefficient (Wildman–Crippen LogP) is 6.84. The Labute approximate surface area is 223 Å². The molecule has 0 atom stereocenters. The van der Waals surface area contributed by atoms with Crippen LogP contribution in [0.4, 0.5) is 0 Å². The van der Waals surface area contributed by atoms with Crippen molar-refractivity contribution in [1.29, 1.82) is 0 Å². The van der Waals surface area contributed by atoms with Crippen molar-refractivity contribution in [3.05, 3.63) is 65.2 Å². The topological polar surface area (TPSA) is 79.8 Å². The standard InChI is InChI=1S/C31H45N3O3/c1-3-4-5-6-7-8-9-10-11-12-13-14-30(35)32-24-31(36)34-33-23-27-19-21-29(22-20-27)37-25-28-17-15-26(2)16-18-28/h15-23H,3-14,24-25H2,1-2H3,(H,32,35)(H,34,36). The largest absolute Gasteiger partial charge is 0.489 e. The lowest BCUT2D eigenvalue weighted by atomic mass is 10.1. The molecule has 6 nitrogen and oxygen atoms in total. The van der Waals surface area contributed by atoms with Crippen LogP contribution >= 0.6 is 0 Å². The first-order valence-electron chi connectivity index (χ1n) is 13.9. The number of amides is 2. The molecule has 0 aliphatic rings. The van der Waals surface area contributed by atoms with E-state index < -0.39 is 0 Å². The van der Waals surface area contributed by atoms with Crippen LogP contribution in [-0.2, 0) is 16.2 Å². The molecule has 2 aromatic rings. The van der Waals surface area contributed by atoms with Gasteiger partial charge in [0.2, 0.25) is 5.91 Å². The second-order valence-corrected chi connectivity index (χ2v) is 9.70. The zero-order chi connectivity index (χ0) is 26.6. The number of hydrogen-bond acceptors (Lipinski definition) is 4. The van der Waals surface area contributed by atoms with Crippen molar-refractivity contribution in [3.63, 3.8) is 0 Å². The number of nitrogens with one attached hydrogen (secondary N) is 2. The maximum atomic E-state index is 12.0. The van der Waals surface area contributed by atoms with E-state index >= 15 is 0 Å². The molecule has 0 aliphatic carbocycles. The molecule has 2 amide bonds. The number of carbonyl (C=O) groups excluding carboxylic acids is 2. The first kappa shape index (κ1) is 30.1. The summed E-state index contributed by atoms with van der Waals surface area (Å²) in [5.74, 6) is 0.333. The zero-order valence-electron chi connectivity index (χ0n) is 22.8. The minimum atomic E-state index is -0.346. The summed E-state index contributed by atoms with van der Waals surface area (Å²) in [6.45, 7) is 4.75. The van der Waals surface area contributed by atoms with Crippen LogP contribution in [0, 0.1) is 6.92 Å². The van der Waals surface area contributed by atoms with E-state index in [0.29, 0.717) is 13.0 Å². The van der Waals surface area contributed by atoms with Crippen molar-refractivity contribution in [2.45, 2.75) is 97.5 Å². The van der Waals surface area contributed by atoms with Gasteiger partial charge in [0, 0.05) is 6.42 Å². The van der Waals surface area contributed by atoms with Gasteiger partial charge in [0.15, 0.2) is 0 Å². The zero-order valence-corrected chi connectivity index (χ0v) is 22.8. The molecular formula is C31H45N3O3. The Morgan fingerprint density at radius 3 is 2.00 bits per heavy atom. The van der Waals surface area contributed by atoms with Crippen LogP contribution in [0.15, 0.2) is 53.6 Å². The number of rotatable bonds is 19. The van der Waals surface area contributed by atoms with Crippen molar-refractivity contribution in [2.75, 3.05) is 6.54 Å². The molecule has 202 valence electrons. The van der Waals surface area contributed by atoms with Gasteiger partial charge < -0.3 is 10.1 Å². The Morgan fingerprint density at radius 1 is 0.784 bits per heavy atom. The van der Waals surface area contributed by atoms with E-state index in [4.69, 9.17) is 4.74 Å². The van der Waals surface area contributed by atoms with E-state index in [-0.39, 0.29) is 18.4 Å². The first-order valence-corrected chi connectivity index (χ1v) is 13.9. The van der Waals surface area contributed by atoms with Crippen molar-refractivity contribution in [1.82, 2.24) is 10.7 Å². The van der Waals surface area contributed by atoms with Crippen LogP contribution in [-0.4, -0.2) is 24.6 Å². The van der Waals surface area contributed by atoms with E-state index in [1.807, 2.05) is 24.3 Å². The predicted molar refractivity (Wildman–Crippen MR) is 152 cm³/mol. The van der Waals surface area contributed by atoms with E-state index in [1.165, 1.54) is 63.4 Å². The molecule has 0 fully saturated rings. The third kappa shape index (κ3) is 14.9. The molecule has 0 radical (unpaired) electrons. The van der Waals surface area contributed by atoms with E-state index in [9.17, 15) is 9.59 Å². The van der Waals surface area contributed by atoms with Gasteiger partial charge in [-0.15, -0.1) is 0 Å². The van der Waals surface area contributed by atoms with Gasteiger partial charge in [0.25, 0.3) is 5.91 Å². The molecule has 6 heteroatoms. The normalized spacial score (nSPS) is 11.0. The molecule has 0 unspecified atom stereocenters. The Kier molecular flexibility index (Phi) is 15.5. The lowest BCUT2D eigenvalue weighted by Crippen LogP contribution is -2.34. The third-order valence-electron chi connectivity index (χ3n) is 6.26. The summed E-state index contributed by atoms with van der Waals surface area (Å²) in [4.78, 5) is 23.9. The fourth-order valence-electron chi connectivity index (χ4n) is 3.94. The van der Waals surface area contributed by atoms with Gasteiger partial charge in [0.1, 0.15) is 12.4 Å². The second-order valence-electron chi connectivity index (χ2n) is 9.70. The summed E-state index contributed by atoms with van der Waals surface area (Å²) in [6.07, 6.45) is 15.8. The maximum Gasteiger partial charge on any atom is 0.259 e. The number of benzene rings is 2. The SMILES string of the molecule is CCCCCCCCCCCCCC(=O)NCC(=O)NN=Cc1ccc(OCc2ccc(C)cc2)cc1. The molecule has 0 spiro atoms. The summed E-state index contributed by atoms with van der Waals surface area (Å²) in [6, 6.07) is 15.7. The van der Waals surface area contributed by atoms with Crippen LogP contribution in [0.2, 0.25) is 0 Å². The molecule has 2 rings (SSSR count). The quantitative estimate of drug-likeness (QED) is 0.124. The average molecular weight is 508 g/mol. The molecule has 37 heavy (non-hydrogen) atoms. The summed E-state index contributed by atoms with van der Waals surface area (Å²) in [5, 5.41) is 6.63. The molecule has 0 aromatic heterocycles.